The molecule has 0 aromatic heterocycles. The number of carbonyl (C=O) groups is 2. The summed E-state index contributed by atoms with van der Waals surface area (Å²) >= 11 is 0. The van der Waals surface area contributed by atoms with Gasteiger partial charge < -0.3 is 17.2 Å². The van der Waals surface area contributed by atoms with Gasteiger partial charge in [-0.2, -0.15) is 6.92 Å². The third kappa shape index (κ3) is 4.35. The topological polar surface area (TPSA) is 40.6 Å². The molecule has 4 nitrogen and oxygen atoms in total. The van der Waals surface area contributed by atoms with Crippen LogP contribution >= 0.6 is 0 Å². The summed E-state index contributed by atoms with van der Waals surface area (Å²) in [7, 11) is 0. The maximum Gasteiger partial charge on any atom is 2.00 e. The summed E-state index contributed by atoms with van der Waals surface area (Å²) < 4.78 is 0. The van der Waals surface area contributed by atoms with E-state index in [1.165, 1.54) is 0 Å². The zero-order valence-electron chi connectivity index (χ0n) is 20.7. The average Bonchev–Trinajstić information content (AvgIpc) is 2.58. The molecule has 0 radical (unpaired) electrons. The van der Waals surface area contributed by atoms with E-state index < -0.39 is 5.41 Å². The Kier molecular flexibility index (Phi) is 8.06. The molecular formula is C26H34N2O2Zn. The van der Waals surface area contributed by atoms with Gasteiger partial charge in [-0.15, -0.1) is 6.17 Å². The molecule has 2 amide bonds. The van der Waals surface area contributed by atoms with Crippen molar-refractivity contribution in [2.75, 3.05) is 9.80 Å². The van der Waals surface area contributed by atoms with Gasteiger partial charge in [0.05, 0.1) is 0 Å². The maximum atomic E-state index is 13.5. The zero-order valence-corrected chi connectivity index (χ0v) is 23.7. The van der Waals surface area contributed by atoms with Gasteiger partial charge in [-0.3, -0.25) is 9.59 Å². The van der Waals surface area contributed by atoms with Crippen molar-refractivity contribution in [2.45, 2.75) is 62.3 Å². The van der Waals surface area contributed by atoms with Gasteiger partial charge >= 0.3 is 19.5 Å². The van der Waals surface area contributed by atoms with Gasteiger partial charge in [0.1, 0.15) is 5.41 Å². The van der Waals surface area contributed by atoms with E-state index in [0.29, 0.717) is 6.17 Å². The molecule has 0 atom stereocenters. The molecule has 1 saturated heterocycles. The molecule has 0 bridgehead atoms. The number of aryl methyl sites for hydroxylation is 6. The molecule has 1 heterocycles. The van der Waals surface area contributed by atoms with Crippen LogP contribution in [0.25, 0.3) is 0 Å². The van der Waals surface area contributed by atoms with E-state index in [1.54, 1.807) is 23.6 Å². The van der Waals surface area contributed by atoms with Crippen LogP contribution in [0, 0.1) is 60.5 Å². The summed E-state index contributed by atoms with van der Waals surface area (Å²) in [5.74, 6) is -0.373. The van der Waals surface area contributed by atoms with Gasteiger partial charge in [0.25, 0.3) is 0 Å². The smallest absolute Gasteiger partial charge is 0.441 e. The molecule has 2 aromatic carbocycles. The molecule has 0 aliphatic carbocycles. The fourth-order valence-electron chi connectivity index (χ4n) is 4.62. The average molecular weight is 472 g/mol. The number of rotatable bonds is 2. The van der Waals surface area contributed by atoms with Crippen LogP contribution < -0.4 is 9.80 Å². The predicted molar refractivity (Wildman–Crippen MR) is 125 cm³/mol. The predicted octanol–water partition coefficient (Wildman–Crippen LogP) is 5.90. The second-order valence-corrected chi connectivity index (χ2v) is 8.95. The Balaban J connectivity index is 0.00000240. The summed E-state index contributed by atoms with van der Waals surface area (Å²) in [4.78, 5) is 30.5. The first-order chi connectivity index (χ1) is 13.4. The first kappa shape index (κ1) is 27.0. The summed E-state index contributed by atoms with van der Waals surface area (Å²) in [6.45, 7) is 17.5. The first-order valence-electron chi connectivity index (χ1n) is 10.1. The van der Waals surface area contributed by atoms with E-state index in [0.717, 1.165) is 44.8 Å². The Morgan fingerprint density at radius 3 is 1.19 bits per heavy atom. The van der Waals surface area contributed by atoms with Gasteiger partial charge in [0.15, 0.2) is 0 Å². The van der Waals surface area contributed by atoms with E-state index in [4.69, 9.17) is 0 Å². The standard InChI is InChI=1S/C25H31N2O2.CH3.Zn/c1-14-10-16(3)21(17(4)11-14)26-20(7)27(24(29)25(8,9)23(26)28)22-18(5)12-15(2)13-19(22)6;;/h10-13H,1-9H3;1H3;/q2*-1;+2. The van der Waals surface area contributed by atoms with E-state index in [2.05, 4.69) is 38.1 Å². The molecule has 0 spiro atoms. The van der Waals surface area contributed by atoms with Gasteiger partial charge in [0, 0.05) is 11.4 Å². The Hall–Kier alpha value is -2.00. The van der Waals surface area contributed by atoms with Gasteiger partial charge in [0.2, 0.25) is 11.8 Å². The molecule has 2 aromatic rings. The molecule has 1 aliphatic heterocycles. The SMILES string of the molecule is Cc1cc(C)c(N2C(=O)C(C)(C)C(=O)N(c3c(C)cc(C)cc3C)[C-]2C)c(C)c1.[CH3-].[Zn+2]. The van der Waals surface area contributed by atoms with Crippen molar-refractivity contribution in [1.82, 2.24) is 0 Å². The maximum absolute atomic E-state index is 13.5. The van der Waals surface area contributed by atoms with Crippen LogP contribution in [0.3, 0.4) is 0 Å². The van der Waals surface area contributed by atoms with Crippen LogP contribution in [-0.2, 0) is 29.1 Å². The number of benzene rings is 2. The van der Waals surface area contributed by atoms with Gasteiger partial charge in [-0.25, -0.2) is 0 Å². The van der Waals surface area contributed by atoms with Crippen molar-refractivity contribution in [1.29, 1.82) is 0 Å². The Morgan fingerprint density at radius 2 is 0.935 bits per heavy atom. The molecule has 0 saturated carbocycles. The van der Waals surface area contributed by atoms with E-state index in [1.807, 2.05) is 34.6 Å². The Labute approximate surface area is 200 Å². The number of amides is 2. The summed E-state index contributed by atoms with van der Waals surface area (Å²) in [6, 6.07) is 8.33. The van der Waals surface area contributed by atoms with E-state index in [9.17, 15) is 9.59 Å². The molecule has 0 N–H and O–H groups in total. The van der Waals surface area contributed by atoms with Gasteiger partial charge in [-0.05, 0) is 77.6 Å². The largest absolute Gasteiger partial charge is 2.00 e. The first-order valence-corrected chi connectivity index (χ1v) is 10.1. The minimum absolute atomic E-state index is 0. The molecule has 162 valence electrons. The van der Waals surface area contributed by atoms with E-state index >= 15 is 0 Å². The van der Waals surface area contributed by atoms with Crippen molar-refractivity contribution in [3.05, 3.63) is 71.2 Å². The molecule has 1 fully saturated rings. The molecular weight excluding hydrogens is 438 g/mol. The third-order valence-electron chi connectivity index (χ3n) is 5.84. The zero-order chi connectivity index (χ0) is 21.8. The molecule has 5 heteroatoms. The van der Waals surface area contributed by atoms with Crippen LogP contribution in [0.2, 0.25) is 0 Å². The van der Waals surface area contributed by atoms with Crippen molar-refractivity contribution in [3.63, 3.8) is 0 Å². The van der Waals surface area contributed by atoms with Crippen molar-refractivity contribution >= 4 is 23.2 Å². The van der Waals surface area contributed by atoms with Crippen molar-refractivity contribution in [2.24, 2.45) is 5.41 Å². The molecule has 3 rings (SSSR count). The summed E-state index contributed by atoms with van der Waals surface area (Å²) in [6.07, 6.45) is 0.629. The Morgan fingerprint density at radius 1 is 0.677 bits per heavy atom. The van der Waals surface area contributed by atoms with Crippen LogP contribution in [0.4, 0.5) is 11.4 Å². The van der Waals surface area contributed by atoms with Crippen molar-refractivity contribution < 1.29 is 29.1 Å². The van der Waals surface area contributed by atoms with Crippen LogP contribution in [0.15, 0.2) is 24.3 Å². The third-order valence-corrected chi connectivity index (χ3v) is 5.84. The normalized spacial score (nSPS) is 16.2. The summed E-state index contributed by atoms with van der Waals surface area (Å²) in [5, 5.41) is 0. The minimum Gasteiger partial charge on any atom is -0.441 e. The molecule has 31 heavy (non-hydrogen) atoms. The Bertz CT molecular complexity index is 901. The summed E-state index contributed by atoms with van der Waals surface area (Å²) in [5.41, 5.74) is 6.99. The van der Waals surface area contributed by atoms with Gasteiger partial charge in [-0.1, -0.05) is 35.4 Å². The monoisotopic (exact) mass is 470 g/mol. The fourth-order valence-corrected chi connectivity index (χ4v) is 4.62. The fraction of sp³-hybridized carbons (Fsp3) is 0.385. The number of anilines is 2. The van der Waals surface area contributed by atoms with Crippen LogP contribution in [-0.4, -0.2) is 11.8 Å². The minimum atomic E-state index is -1.16. The van der Waals surface area contributed by atoms with Crippen LogP contribution in [0.5, 0.6) is 0 Å². The molecule has 0 unspecified atom stereocenters. The number of nitrogens with zero attached hydrogens (tertiary/aromatic N) is 2. The number of hydrogen-bond donors (Lipinski definition) is 0. The second-order valence-electron chi connectivity index (χ2n) is 8.95. The quantitative estimate of drug-likeness (QED) is 0.311. The molecule has 1 aliphatic rings. The van der Waals surface area contributed by atoms with Crippen LogP contribution in [0.1, 0.15) is 54.2 Å². The second kappa shape index (κ2) is 9.24. The number of carbonyl (C=O) groups excluding carboxylic acids is 2. The van der Waals surface area contributed by atoms with E-state index in [-0.39, 0.29) is 38.7 Å². The number of hydrogen-bond acceptors (Lipinski definition) is 2. The van der Waals surface area contributed by atoms with Crippen molar-refractivity contribution in [3.8, 4) is 0 Å².